The van der Waals surface area contributed by atoms with Crippen LogP contribution < -0.4 is 0 Å². The number of alkyl halides is 6. The summed E-state index contributed by atoms with van der Waals surface area (Å²) >= 11 is 6.29. The molecule has 0 aromatic heterocycles. The van der Waals surface area contributed by atoms with Gasteiger partial charge in [0, 0.05) is 161 Å². The van der Waals surface area contributed by atoms with Gasteiger partial charge in [-0.25, -0.2) is 0 Å². The Balaban J connectivity index is 0.000000173. The number of rotatable bonds is 16. The number of hydrogen-bond donors (Lipinski definition) is 0. The second-order valence-electron chi connectivity index (χ2n) is 35.7. The van der Waals surface area contributed by atoms with Gasteiger partial charge in [-0.1, -0.05) is 207 Å². The minimum absolute atomic E-state index is 0.0236. The summed E-state index contributed by atoms with van der Waals surface area (Å²) in [6.07, 6.45) is -2.29. The van der Waals surface area contributed by atoms with Gasteiger partial charge in [0.2, 0.25) is 35.4 Å². The Morgan fingerprint density at radius 1 is 0.368 bits per heavy atom. The number of piperazine rings is 3. The molecule has 0 N–H and O–H groups in total. The van der Waals surface area contributed by atoms with Crippen molar-refractivity contribution in [3.05, 3.63) is 225 Å². The molecular formula is C95H120ClF6N9O6. The Kier molecular flexibility index (Phi) is 29.8. The minimum Gasteiger partial charge on any atom is -0.343 e. The monoisotopic (exact) mass is 1630 g/mol. The van der Waals surface area contributed by atoms with Crippen LogP contribution in [0.4, 0.5) is 26.3 Å². The highest BCUT2D eigenvalue weighted by Crippen LogP contribution is 2.43. The van der Waals surface area contributed by atoms with E-state index < -0.39 is 29.5 Å². The number of carbonyl (C=O) groups is 6. The fourth-order valence-electron chi connectivity index (χ4n) is 18.5. The van der Waals surface area contributed by atoms with Gasteiger partial charge in [0.25, 0.3) is 0 Å². The lowest BCUT2D eigenvalue weighted by molar-refractivity contribution is -0.142. The molecule has 6 fully saturated rings. The van der Waals surface area contributed by atoms with Crippen molar-refractivity contribution >= 4 is 57.8 Å². The normalized spacial score (nSPS) is 20.0. The molecule has 7 aromatic rings. The molecule has 6 heterocycles. The van der Waals surface area contributed by atoms with Crippen LogP contribution in [0.3, 0.4) is 0 Å². The van der Waals surface area contributed by atoms with E-state index in [-0.39, 0.29) is 82.4 Å². The van der Waals surface area contributed by atoms with Crippen LogP contribution in [0.5, 0.6) is 0 Å². The third-order valence-electron chi connectivity index (χ3n) is 25.3. The zero-order valence-corrected chi connectivity index (χ0v) is 70.9. The summed E-state index contributed by atoms with van der Waals surface area (Å²) in [5.74, 6) is 2.14. The highest BCUT2D eigenvalue weighted by molar-refractivity contribution is 6.30. The summed E-state index contributed by atoms with van der Waals surface area (Å²) < 4.78 is 79.8. The molecule has 6 aliphatic rings. The zero-order valence-electron chi connectivity index (χ0n) is 70.1. The van der Waals surface area contributed by atoms with Crippen molar-refractivity contribution in [2.45, 2.75) is 183 Å². The summed E-state index contributed by atoms with van der Waals surface area (Å²) in [4.78, 5) is 94.9. The number of benzene rings is 7. The molecule has 0 spiro atoms. The van der Waals surface area contributed by atoms with Crippen molar-refractivity contribution < 1.29 is 55.1 Å². The third kappa shape index (κ3) is 23.1. The van der Waals surface area contributed by atoms with Crippen LogP contribution in [0.15, 0.2) is 176 Å². The Hall–Kier alpha value is -8.63. The Morgan fingerprint density at radius 3 is 1.04 bits per heavy atom. The third-order valence-corrected chi connectivity index (χ3v) is 25.6. The Bertz CT molecular complexity index is 4340. The van der Waals surface area contributed by atoms with Crippen molar-refractivity contribution in [3.63, 3.8) is 0 Å². The quantitative estimate of drug-likeness (QED) is 0.0868. The molecule has 0 saturated carbocycles. The molecule has 0 aliphatic carbocycles. The average Bonchev–Trinajstić information content (AvgIpc) is 0.796. The van der Waals surface area contributed by atoms with Crippen molar-refractivity contribution in [3.8, 4) is 0 Å². The first-order valence-electron chi connectivity index (χ1n) is 42.0. The molecular weight excluding hydrogens is 1510 g/mol. The van der Waals surface area contributed by atoms with Gasteiger partial charge in [0.15, 0.2) is 0 Å². The molecule has 0 bridgehead atoms. The number of piperidine rings is 3. The Morgan fingerprint density at radius 2 is 0.684 bits per heavy atom. The molecule has 0 radical (unpaired) electrons. The number of amides is 6. The predicted octanol–water partition coefficient (Wildman–Crippen LogP) is 18.4. The molecule has 4 atom stereocenters. The maximum absolute atomic E-state index is 13.6. The molecule has 7 aromatic carbocycles. The lowest BCUT2D eigenvalue weighted by atomic mass is 9.82. The van der Waals surface area contributed by atoms with Crippen LogP contribution in [0.25, 0.3) is 10.8 Å². The average molecular weight is 1630 g/mol. The number of carbonyl (C=O) groups excluding carboxylic acids is 6. The van der Waals surface area contributed by atoms with Gasteiger partial charge in [-0.3, -0.25) is 43.5 Å². The smallest absolute Gasteiger partial charge is 0.343 e. The van der Waals surface area contributed by atoms with Gasteiger partial charge in [-0.05, 0) is 154 Å². The standard InChI is InChI=1S/C33H40ClN3O2.C32H39F6N3O2.C30H41N3O2/c1-23(2)31-22-36(19-20-37(31)32(39)21-25-15-17-35(18-16-25)24(3)38)33(27-11-13-28(34)14-12-27)30-10-6-8-26-7-4-5-9-29(26)30;1-21(42)39-15-13-22(14-16-39)19-28(43)41-18-17-40(20-27(41)30(2,3)4)29(23-5-9-25(10-6-23)31(33,34)35)24-7-11-26(12-8-24)32(36,37)38;1-23(34)31-17-15-24(16-18-31)21-28(35)33-20-19-32(22-27(33)30(2,3)4)29(25-11-7-5-8-12-25)26-13-9-6-10-14-26/h4-14,23,25,31,33H,15-22H2,1-3H3;5-12,22,27,29H,13-20H2,1-4H3;5-14,24,27,29H,15-22H2,1-4H3/t31-,33?;2*27-/m111/s1. The predicted molar refractivity (Wildman–Crippen MR) is 450 cm³/mol. The maximum atomic E-state index is 13.6. The fraction of sp³-hybridized carbons (Fsp3) is 0.516. The van der Waals surface area contributed by atoms with Crippen molar-refractivity contribution in [2.75, 3.05) is 98.2 Å². The van der Waals surface area contributed by atoms with Gasteiger partial charge in [-0.15, -0.1) is 0 Å². The molecule has 630 valence electrons. The van der Waals surface area contributed by atoms with E-state index in [1.807, 2.05) is 47.6 Å². The van der Waals surface area contributed by atoms with Crippen molar-refractivity contribution in [2.24, 2.45) is 34.5 Å². The van der Waals surface area contributed by atoms with E-state index in [0.29, 0.717) is 80.9 Å². The summed E-state index contributed by atoms with van der Waals surface area (Å²) in [6, 6.07) is 54.0. The first kappa shape index (κ1) is 89.2. The molecule has 22 heteroatoms. The second-order valence-corrected chi connectivity index (χ2v) is 36.1. The number of fused-ring (bicyclic) bond motifs is 1. The molecule has 13 rings (SSSR count). The largest absolute Gasteiger partial charge is 0.416 e. The van der Waals surface area contributed by atoms with Gasteiger partial charge in [-0.2, -0.15) is 26.3 Å². The van der Waals surface area contributed by atoms with E-state index in [0.717, 1.165) is 133 Å². The van der Waals surface area contributed by atoms with Crippen molar-refractivity contribution in [1.29, 1.82) is 0 Å². The van der Waals surface area contributed by atoms with Crippen LogP contribution >= 0.6 is 11.6 Å². The molecule has 6 saturated heterocycles. The summed E-state index contributed by atoms with van der Waals surface area (Å²) in [7, 11) is 0. The number of nitrogens with zero attached hydrogens (tertiary/aromatic N) is 9. The van der Waals surface area contributed by atoms with Crippen LogP contribution in [-0.2, 0) is 41.1 Å². The number of hydrogen-bond acceptors (Lipinski definition) is 9. The lowest BCUT2D eigenvalue weighted by Crippen LogP contribution is -2.60. The fourth-order valence-corrected chi connectivity index (χ4v) is 18.6. The van der Waals surface area contributed by atoms with E-state index in [1.54, 1.807) is 25.7 Å². The van der Waals surface area contributed by atoms with E-state index in [9.17, 15) is 55.1 Å². The van der Waals surface area contributed by atoms with E-state index in [1.165, 1.54) is 57.3 Å². The van der Waals surface area contributed by atoms with Gasteiger partial charge < -0.3 is 29.4 Å². The van der Waals surface area contributed by atoms with Crippen LogP contribution in [0, 0.1) is 34.5 Å². The van der Waals surface area contributed by atoms with Crippen molar-refractivity contribution in [1.82, 2.24) is 44.1 Å². The molecule has 6 aliphatic heterocycles. The van der Waals surface area contributed by atoms with Gasteiger partial charge in [0.1, 0.15) is 0 Å². The summed E-state index contributed by atoms with van der Waals surface area (Å²) in [5.41, 5.74) is 4.16. The highest BCUT2D eigenvalue weighted by Gasteiger charge is 2.45. The Labute approximate surface area is 694 Å². The molecule has 117 heavy (non-hydrogen) atoms. The minimum atomic E-state index is -4.52. The first-order chi connectivity index (χ1) is 55.5. The second kappa shape index (κ2) is 39.1. The maximum Gasteiger partial charge on any atom is 0.416 e. The van der Waals surface area contributed by atoms with Crippen LogP contribution in [-0.4, -0.2) is 196 Å². The van der Waals surface area contributed by atoms with Gasteiger partial charge in [0.05, 0.1) is 29.3 Å². The SMILES string of the molecule is CC(=O)N1CCC(CC(=O)N2CCN(C(c3ccc(C(F)(F)F)cc3)c3ccc(C(F)(F)F)cc3)C[C@@H]2C(C)(C)C)CC1.CC(=O)N1CCC(CC(=O)N2CCN(C(c3ccc(Cl)cc3)c3cccc4ccccc34)C[C@@H]2C(C)C)CC1.CC(=O)N1CCC(CC(=O)N2CCN(C(c3ccccc3)c3ccccc3)C[C@@H]2C(C)(C)C)CC1. The highest BCUT2D eigenvalue weighted by atomic mass is 35.5. The lowest BCUT2D eigenvalue weighted by Gasteiger charge is -2.50. The van der Waals surface area contributed by atoms with Crippen LogP contribution in [0.2, 0.25) is 5.02 Å². The van der Waals surface area contributed by atoms with E-state index >= 15 is 0 Å². The van der Waals surface area contributed by atoms with E-state index in [4.69, 9.17) is 11.6 Å². The topological polar surface area (TPSA) is 132 Å². The zero-order chi connectivity index (χ0) is 84.3. The molecule has 1 unspecified atom stereocenters. The summed E-state index contributed by atoms with van der Waals surface area (Å²) in [6.45, 7) is 32.5. The summed E-state index contributed by atoms with van der Waals surface area (Å²) in [5, 5.41) is 3.23. The molecule has 15 nitrogen and oxygen atoms in total. The first-order valence-corrected chi connectivity index (χ1v) is 42.4. The van der Waals surface area contributed by atoms with Gasteiger partial charge >= 0.3 is 12.4 Å². The van der Waals surface area contributed by atoms with E-state index in [2.05, 4.69) is 174 Å². The molecule has 6 amide bonds. The number of likely N-dealkylation sites (tertiary alicyclic amines) is 3. The number of halogens is 7. The van der Waals surface area contributed by atoms with Crippen LogP contribution in [0.1, 0.15) is 197 Å².